The van der Waals surface area contributed by atoms with E-state index in [4.69, 9.17) is 0 Å². The normalized spacial score (nSPS) is 12.6. The minimum absolute atomic E-state index is 0.679. The van der Waals surface area contributed by atoms with Gasteiger partial charge in [-0.1, -0.05) is 80.1 Å². The van der Waals surface area contributed by atoms with Gasteiger partial charge in [-0.2, -0.15) is 0 Å². The van der Waals surface area contributed by atoms with Crippen LogP contribution in [0, 0.1) is 0 Å². The molecule has 30 heavy (non-hydrogen) atoms. The van der Waals surface area contributed by atoms with Crippen molar-refractivity contribution >= 4 is 14.5 Å². The molecule has 0 heterocycles. The third-order valence-corrected chi connectivity index (χ3v) is 17.6. The summed E-state index contributed by atoms with van der Waals surface area (Å²) < 4.78 is 0. The molecule has 0 spiro atoms. The first-order chi connectivity index (χ1) is 14.6. The summed E-state index contributed by atoms with van der Waals surface area (Å²) in [5.41, 5.74) is 0. The molecule has 2 heteroatoms. The highest BCUT2D eigenvalue weighted by Gasteiger charge is 2.37. The van der Waals surface area contributed by atoms with Crippen molar-refractivity contribution in [3.8, 4) is 0 Å². The van der Waals surface area contributed by atoms with Gasteiger partial charge in [0.15, 0.2) is 0 Å². The van der Waals surface area contributed by atoms with Crippen LogP contribution >= 0.6 is 14.5 Å². The zero-order chi connectivity index (χ0) is 22.6. The fourth-order valence-electron chi connectivity index (χ4n) is 5.20. The molecule has 0 aromatic carbocycles. The molecule has 0 radical (unpaired) electrons. The first-order valence-electron chi connectivity index (χ1n) is 14.3. The highest BCUT2D eigenvalue weighted by atomic mass is 31.2. The maximum absolute atomic E-state index is 2.41. The molecule has 0 aliphatic carbocycles. The van der Waals surface area contributed by atoms with E-state index in [1.54, 1.807) is 62.1 Å². The Labute approximate surface area is 195 Å². The van der Waals surface area contributed by atoms with Gasteiger partial charge < -0.3 is 0 Å². The van der Waals surface area contributed by atoms with E-state index in [9.17, 15) is 0 Å². The molecule has 0 aliphatic rings. The van der Waals surface area contributed by atoms with Crippen LogP contribution in [0.15, 0.2) is 0 Å². The first kappa shape index (κ1) is 30.9. The molecule has 0 aromatic rings. The maximum atomic E-state index is 2.41. The monoisotopic (exact) mass is 460 g/mol. The lowest BCUT2D eigenvalue weighted by Gasteiger charge is -2.30. The molecular weight excluding hydrogens is 398 g/mol. The van der Waals surface area contributed by atoms with Crippen LogP contribution in [-0.4, -0.2) is 49.3 Å². The van der Waals surface area contributed by atoms with E-state index in [1.807, 2.05) is 0 Å². The lowest BCUT2D eigenvalue weighted by molar-refractivity contribution is 0.802. The summed E-state index contributed by atoms with van der Waals surface area (Å²) in [6.07, 6.45) is 33.5. The molecule has 0 aliphatic heterocycles. The van der Waals surface area contributed by atoms with E-state index in [2.05, 4.69) is 41.5 Å². The predicted molar refractivity (Wildman–Crippen MR) is 151 cm³/mol. The maximum Gasteiger partial charge on any atom is 0.0595 e. The van der Waals surface area contributed by atoms with Gasteiger partial charge in [-0.15, -0.1) is 0 Å². The second-order valence-electron chi connectivity index (χ2n) is 10.3. The van der Waals surface area contributed by atoms with Crippen LogP contribution in [0.4, 0.5) is 0 Å². The van der Waals surface area contributed by atoms with E-state index < -0.39 is 14.5 Å². The number of unbranched alkanes of at least 4 members (excludes halogenated alkanes) is 7. The standard InChI is InChI=1S/C28H62P2/c1-7-13-21-29(22-14-8-2,23-15-9-3)27-19-20-28-30(24-16-10-4,25-17-11-5)26-18-12-6/h7-28H2,1-6H3/q+2. The Morgan fingerprint density at radius 1 is 0.267 bits per heavy atom. The topological polar surface area (TPSA) is 0 Å². The lowest BCUT2D eigenvalue weighted by atomic mass is 10.4. The van der Waals surface area contributed by atoms with Crippen LogP contribution in [0.2, 0.25) is 0 Å². The SMILES string of the molecule is CCCC[P+](CCCC)(CCCC)CCCC[P+](CCCC)(CCCC)CCCC. The van der Waals surface area contributed by atoms with Gasteiger partial charge in [0, 0.05) is 14.5 Å². The molecule has 0 nitrogen and oxygen atoms in total. The van der Waals surface area contributed by atoms with Crippen molar-refractivity contribution in [3.63, 3.8) is 0 Å². The molecule has 0 N–H and O–H groups in total. The minimum Gasteiger partial charge on any atom is -0.0652 e. The van der Waals surface area contributed by atoms with Gasteiger partial charge >= 0.3 is 0 Å². The van der Waals surface area contributed by atoms with Gasteiger partial charge in [0.2, 0.25) is 0 Å². The van der Waals surface area contributed by atoms with Crippen LogP contribution < -0.4 is 0 Å². The van der Waals surface area contributed by atoms with Gasteiger partial charge in [-0.05, 0) is 51.4 Å². The van der Waals surface area contributed by atoms with E-state index in [0.717, 1.165) is 0 Å². The van der Waals surface area contributed by atoms with Crippen LogP contribution in [0.3, 0.4) is 0 Å². The summed E-state index contributed by atoms with van der Waals surface area (Å²) in [6, 6.07) is 0. The molecule has 0 bridgehead atoms. The van der Waals surface area contributed by atoms with E-state index in [-0.39, 0.29) is 0 Å². The van der Waals surface area contributed by atoms with Gasteiger partial charge in [0.25, 0.3) is 0 Å². The Morgan fingerprint density at radius 3 is 0.600 bits per heavy atom. The van der Waals surface area contributed by atoms with Crippen molar-refractivity contribution in [1.29, 1.82) is 0 Å². The van der Waals surface area contributed by atoms with Gasteiger partial charge in [-0.3, -0.25) is 0 Å². The molecule has 0 atom stereocenters. The average molecular weight is 461 g/mol. The highest BCUT2D eigenvalue weighted by Crippen LogP contribution is 2.63. The Balaban J connectivity index is 5.02. The lowest BCUT2D eigenvalue weighted by Crippen LogP contribution is -2.15. The van der Waals surface area contributed by atoms with Gasteiger partial charge in [0.1, 0.15) is 0 Å². The highest BCUT2D eigenvalue weighted by molar-refractivity contribution is 7.76. The fourth-order valence-corrected chi connectivity index (χ4v) is 15.6. The third kappa shape index (κ3) is 14.1. The van der Waals surface area contributed by atoms with Crippen molar-refractivity contribution in [2.45, 2.75) is 131 Å². The molecule has 182 valence electrons. The average Bonchev–Trinajstić information content (AvgIpc) is 2.77. The molecule has 0 unspecified atom stereocenters. The van der Waals surface area contributed by atoms with Crippen molar-refractivity contribution in [2.24, 2.45) is 0 Å². The Morgan fingerprint density at radius 2 is 0.433 bits per heavy atom. The predicted octanol–water partition coefficient (Wildman–Crippen LogP) is 10.6. The van der Waals surface area contributed by atoms with Crippen LogP contribution in [0.1, 0.15) is 131 Å². The van der Waals surface area contributed by atoms with E-state index in [0.29, 0.717) is 0 Å². The van der Waals surface area contributed by atoms with Crippen molar-refractivity contribution in [1.82, 2.24) is 0 Å². The first-order valence-corrected chi connectivity index (χ1v) is 19.3. The van der Waals surface area contributed by atoms with Crippen molar-refractivity contribution in [2.75, 3.05) is 49.3 Å². The molecule has 0 fully saturated rings. The van der Waals surface area contributed by atoms with Gasteiger partial charge in [0.05, 0.1) is 49.3 Å². The fraction of sp³-hybridized carbons (Fsp3) is 1.00. The Kier molecular flexibility index (Phi) is 21.1. The Bertz CT molecular complexity index is 275. The zero-order valence-electron chi connectivity index (χ0n) is 22.5. The second-order valence-corrected chi connectivity index (χ2v) is 19.2. The number of hydrogen-bond acceptors (Lipinski definition) is 0. The Hall–Kier alpha value is 0.860. The van der Waals surface area contributed by atoms with Crippen molar-refractivity contribution < 1.29 is 0 Å². The summed E-state index contributed by atoms with van der Waals surface area (Å²) >= 11 is 0. The van der Waals surface area contributed by atoms with Crippen LogP contribution in [0.5, 0.6) is 0 Å². The zero-order valence-corrected chi connectivity index (χ0v) is 24.2. The smallest absolute Gasteiger partial charge is 0.0595 e. The molecule has 0 rings (SSSR count). The summed E-state index contributed by atoms with van der Waals surface area (Å²) in [4.78, 5) is 0. The van der Waals surface area contributed by atoms with Crippen molar-refractivity contribution in [3.05, 3.63) is 0 Å². The van der Waals surface area contributed by atoms with Crippen LogP contribution in [-0.2, 0) is 0 Å². The van der Waals surface area contributed by atoms with E-state index in [1.165, 1.54) is 77.0 Å². The number of rotatable bonds is 23. The molecule has 0 aromatic heterocycles. The largest absolute Gasteiger partial charge is 0.0652 e. The van der Waals surface area contributed by atoms with Crippen LogP contribution in [0.25, 0.3) is 0 Å². The quantitative estimate of drug-likeness (QED) is 0.105. The molecule has 0 saturated carbocycles. The summed E-state index contributed by atoms with van der Waals surface area (Å²) in [5.74, 6) is 0. The summed E-state index contributed by atoms with van der Waals surface area (Å²) in [5, 5.41) is 0. The molecule has 0 saturated heterocycles. The second kappa shape index (κ2) is 20.5. The summed E-state index contributed by atoms with van der Waals surface area (Å²) in [6.45, 7) is 14.4. The molecule has 0 amide bonds. The number of hydrogen-bond donors (Lipinski definition) is 0. The van der Waals surface area contributed by atoms with E-state index >= 15 is 0 Å². The third-order valence-electron chi connectivity index (χ3n) is 7.43. The summed E-state index contributed by atoms with van der Waals surface area (Å²) in [7, 11) is -1.36. The minimum atomic E-state index is -0.679. The van der Waals surface area contributed by atoms with Gasteiger partial charge in [-0.25, -0.2) is 0 Å². The molecular formula is C28H62P2+2.